The van der Waals surface area contributed by atoms with Gasteiger partial charge >= 0.3 is 0 Å². The van der Waals surface area contributed by atoms with Crippen molar-refractivity contribution in [1.29, 1.82) is 0 Å². The van der Waals surface area contributed by atoms with E-state index < -0.39 is 15.8 Å². The number of fused-ring (bicyclic) bond motifs is 1. The third kappa shape index (κ3) is 4.19. The lowest BCUT2D eigenvalue weighted by molar-refractivity contribution is -0.305. The lowest BCUT2D eigenvalue weighted by Crippen LogP contribution is -2.21. The van der Waals surface area contributed by atoms with Gasteiger partial charge in [-0.25, -0.2) is 8.42 Å². The predicted octanol–water partition coefficient (Wildman–Crippen LogP) is 2.19. The Balaban J connectivity index is 2.16. The molecule has 6 heteroatoms. The molecule has 0 aliphatic heterocycles. The summed E-state index contributed by atoms with van der Waals surface area (Å²) in [6.07, 6.45) is 0.478. The zero-order valence-electron chi connectivity index (χ0n) is 11.2. The maximum Gasteiger partial charge on any atom is 0.178 e. The molecule has 0 aliphatic rings. The second-order valence-corrected chi connectivity index (χ2v) is 7.35. The van der Waals surface area contributed by atoms with E-state index in [2.05, 4.69) is 0 Å². The van der Waals surface area contributed by atoms with Crippen molar-refractivity contribution in [3.8, 4) is 0 Å². The van der Waals surface area contributed by atoms with Crippen molar-refractivity contribution < 1.29 is 18.3 Å². The minimum atomic E-state index is -3.41. The van der Waals surface area contributed by atoms with Gasteiger partial charge in [0, 0.05) is 11.0 Å². The lowest BCUT2D eigenvalue weighted by atomic mass is 10.1. The monoisotopic (exact) mass is 325 g/mol. The van der Waals surface area contributed by atoms with Gasteiger partial charge in [-0.05, 0) is 54.3 Å². The molecule has 0 radical (unpaired) electrons. The Labute approximate surface area is 128 Å². The average molecular weight is 326 g/mol. The van der Waals surface area contributed by atoms with Gasteiger partial charge in [0.05, 0.1) is 10.6 Å². The van der Waals surface area contributed by atoms with Crippen LogP contribution in [0.1, 0.15) is 19.3 Å². The fourth-order valence-electron chi connectivity index (χ4n) is 2.07. The summed E-state index contributed by atoms with van der Waals surface area (Å²) >= 11 is 5.89. The molecule has 0 bridgehead atoms. The zero-order valence-corrected chi connectivity index (χ0v) is 12.8. The summed E-state index contributed by atoms with van der Waals surface area (Å²) < 4.78 is 24.4. The molecule has 0 spiro atoms. The standard InChI is InChI=1S/C15H15ClO4S/c16-13-6-4-12-10-14(7-5-11(12)9-13)21(19,20)8-2-1-3-15(17)18/h4-7,9-10H,1-3,8H2,(H,17,18)/p-1. The summed E-state index contributed by atoms with van der Waals surface area (Å²) in [5.74, 6) is -1.23. The highest BCUT2D eigenvalue weighted by atomic mass is 35.5. The SMILES string of the molecule is O=C([O-])CCCCS(=O)(=O)c1ccc2cc(Cl)ccc2c1. The van der Waals surface area contributed by atoms with E-state index >= 15 is 0 Å². The second kappa shape index (κ2) is 6.45. The minimum Gasteiger partial charge on any atom is -0.550 e. The van der Waals surface area contributed by atoms with Gasteiger partial charge in [-0.1, -0.05) is 23.7 Å². The number of aliphatic carboxylic acids is 1. The molecule has 0 fully saturated rings. The van der Waals surface area contributed by atoms with Crippen LogP contribution in [0.3, 0.4) is 0 Å². The number of carboxylic acid groups (broad SMARTS) is 1. The molecule has 0 saturated carbocycles. The lowest BCUT2D eigenvalue weighted by Gasteiger charge is -2.07. The molecule has 0 amide bonds. The Morgan fingerprint density at radius 3 is 2.43 bits per heavy atom. The predicted molar refractivity (Wildman–Crippen MR) is 79.9 cm³/mol. The highest BCUT2D eigenvalue weighted by molar-refractivity contribution is 7.91. The number of carboxylic acids is 1. The molecule has 2 aromatic rings. The topological polar surface area (TPSA) is 74.3 Å². The normalized spacial score (nSPS) is 11.7. The molecule has 0 N–H and O–H groups in total. The maximum atomic E-state index is 12.2. The first-order valence-electron chi connectivity index (χ1n) is 6.50. The number of sulfone groups is 1. The van der Waals surface area contributed by atoms with Crippen molar-refractivity contribution in [2.24, 2.45) is 0 Å². The van der Waals surface area contributed by atoms with Crippen molar-refractivity contribution in [3.63, 3.8) is 0 Å². The second-order valence-electron chi connectivity index (χ2n) is 4.80. The first kappa shape index (κ1) is 15.8. The van der Waals surface area contributed by atoms with Crippen molar-refractivity contribution in [2.45, 2.75) is 24.2 Å². The van der Waals surface area contributed by atoms with E-state index in [0.717, 1.165) is 10.8 Å². The Bertz CT molecular complexity index is 768. The zero-order chi connectivity index (χ0) is 15.5. The van der Waals surface area contributed by atoms with Crippen molar-refractivity contribution in [3.05, 3.63) is 41.4 Å². The summed E-state index contributed by atoms with van der Waals surface area (Å²) in [6.45, 7) is 0. The summed E-state index contributed by atoms with van der Waals surface area (Å²) in [5, 5.41) is 12.6. The molecule has 0 saturated heterocycles. The molecular weight excluding hydrogens is 312 g/mol. The minimum absolute atomic E-state index is 0.0701. The molecule has 4 nitrogen and oxygen atoms in total. The summed E-state index contributed by atoms with van der Waals surface area (Å²) in [4.78, 5) is 10.5. The van der Waals surface area contributed by atoms with Gasteiger partial charge in [-0.15, -0.1) is 0 Å². The van der Waals surface area contributed by atoms with Gasteiger partial charge < -0.3 is 9.90 Å². The maximum absolute atomic E-state index is 12.2. The molecular formula is C15H14ClO4S-. The van der Waals surface area contributed by atoms with Gasteiger partial charge in [0.2, 0.25) is 0 Å². The largest absolute Gasteiger partial charge is 0.550 e. The Kier molecular flexibility index (Phi) is 4.85. The number of carbonyl (C=O) groups excluding carboxylic acids is 1. The molecule has 0 aliphatic carbocycles. The van der Waals surface area contributed by atoms with Gasteiger partial charge in [-0.3, -0.25) is 0 Å². The highest BCUT2D eigenvalue weighted by Crippen LogP contribution is 2.23. The van der Waals surface area contributed by atoms with Crippen LogP contribution in [0.5, 0.6) is 0 Å². The molecule has 0 heterocycles. The molecule has 0 unspecified atom stereocenters. The molecule has 2 aromatic carbocycles. The van der Waals surface area contributed by atoms with E-state index in [1.165, 1.54) is 0 Å². The van der Waals surface area contributed by atoms with Crippen LogP contribution >= 0.6 is 11.6 Å². The van der Waals surface area contributed by atoms with E-state index in [1.54, 1.807) is 36.4 Å². The van der Waals surface area contributed by atoms with Gasteiger partial charge in [0.25, 0.3) is 0 Å². The van der Waals surface area contributed by atoms with E-state index in [4.69, 9.17) is 11.6 Å². The average Bonchev–Trinajstić information content (AvgIpc) is 2.43. The van der Waals surface area contributed by atoms with Crippen LogP contribution in [0, 0.1) is 0 Å². The Morgan fingerprint density at radius 1 is 1.05 bits per heavy atom. The van der Waals surface area contributed by atoms with Gasteiger partial charge in [-0.2, -0.15) is 0 Å². The van der Waals surface area contributed by atoms with E-state index in [0.29, 0.717) is 17.9 Å². The number of benzene rings is 2. The number of hydrogen-bond donors (Lipinski definition) is 0. The fourth-order valence-corrected chi connectivity index (χ4v) is 3.65. The number of halogens is 1. The summed E-state index contributed by atoms with van der Waals surface area (Å²) in [7, 11) is -3.41. The highest BCUT2D eigenvalue weighted by Gasteiger charge is 2.14. The van der Waals surface area contributed by atoms with Crippen molar-refractivity contribution >= 4 is 38.2 Å². The number of carbonyl (C=O) groups is 1. The third-order valence-corrected chi connectivity index (χ3v) is 5.21. The number of unbranched alkanes of at least 4 members (excludes halogenated alkanes) is 1. The van der Waals surface area contributed by atoms with E-state index in [1.807, 2.05) is 0 Å². The Hall–Kier alpha value is -1.59. The van der Waals surface area contributed by atoms with E-state index in [-0.39, 0.29) is 17.1 Å². The van der Waals surface area contributed by atoms with Gasteiger partial charge in [0.1, 0.15) is 0 Å². The summed E-state index contributed by atoms with van der Waals surface area (Å²) in [5.41, 5.74) is 0. The first-order chi connectivity index (χ1) is 9.88. The van der Waals surface area contributed by atoms with Crippen molar-refractivity contribution in [1.82, 2.24) is 0 Å². The fraction of sp³-hybridized carbons (Fsp3) is 0.267. The first-order valence-corrected chi connectivity index (χ1v) is 8.53. The molecule has 21 heavy (non-hydrogen) atoms. The van der Waals surface area contributed by atoms with Crippen molar-refractivity contribution in [2.75, 3.05) is 5.75 Å². The van der Waals surface area contributed by atoms with Crippen LogP contribution in [0.15, 0.2) is 41.3 Å². The molecule has 112 valence electrons. The summed E-state index contributed by atoms with van der Waals surface area (Å²) in [6, 6.07) is 10.1. The quantitative estimate of drug-likeness (QED) is 0.763. The number of hydrogen-bond acceptors (Lipinski definition) is 4. The van der Waals surface area contributed by atoms with Crippen LogP contribution in [-0.2, 0) is 14.6 Å². The smallest absolute Gasteiger partial charge is 0.178 e. The van der Waals surface area contributed by atoms with Crippen LogP contribution in [0.25, 0.3) is 10.8 Å². The number of rotatable bonds is 6. The van der Waals surface area contributed by atoms with E-state index in [9.17, 15) is 18.3 Å². The Morgan fingerprint density at radius 2 is 1.71 bits per heavy atom. The van der Waals surface area contributed by atoms with Gasteiger partial charge in [0.15, 0.2) is 9.84 Å². The molecule has 2 rings (SSSR count). The third-order valence-electron chi connectivity index (χ3n) is 3.18. The molecule has 0 aromatic heterocycles. The van der Waals surface area contributed by atoms with Crippen LogP contribution in [0.4, 0.5) is 0 Å². The van der Waals surface area contributed by atoms with Crippen LogP contribution < -0.4 is 5.11 Å². The van der Waals surface area contributed by atoms with Crippen LogP contribution in [0.2, 0.25) is 5.02 Å². The molecule has 0 atom stereocenters. The van der Waals surface area contributed by atoms with Crippen LogP contribution in [-0.4, -0.2) is 20.1 Å².